The van der Waals surface area contributed by atoms with Gasteiger partial charge in [-0.1, -0.05) is 12.5 Å². The zero-order chi connectivity index (χ0) is 12.8. The molecule has 1 heterocycles. The Labute approximate surface area is 114 Å². The number of nitrogens with zero attached hydrogens (tertiary/aromatic N) is 1. The van der Waals surface area contributed by atoms with Gasteiger partial charge in [0.05, 0.1) is 0 Å². The maximum atomic E-state index is 4.58. The first-order valence-electron chi connectivity index (χ1n) is 6.82. The SMILES string of the molecule is CCNc1cccc(NC2CCCC(SC)C2)n1. The van der Waals surface area contributed by atoms with Gasteiger partial charge in [-0.15, -0.1) is 0 Å². The van der Waals surface area contributed by atoms with Crippen LogP contribution in [-0.4, -0.2) is 29.1 Å². The van der Waals surface area contributed by atoms with Gasteiger partial charge in [-0.25, -0.2) is 4.98 Å². The molecule has 0 radical (unpaired) electrons. The number of hydrogen-bond acceptors (Lipinski definition) is 4. The van der Waals surface area contributed by atoms with E-state index in [4.69, 9.17) is 0 Å². The Morgan fingerprint density at radius 3 is 2.94 bits per heavy atom. The van der Waals surface area contributed by atoms with Crippen LogP contribution in [0.1, 0.15) is 32.6 Å². The van der Waals surface area contributed by atoms with Crippen LogP contribution in [-0.2, 0) is 0 Å². The van der Waals surface area contributed by atoms with Gasteiger partial charge in [-0.05, 0) is 44.6 Å². The average Bonchev–Trinajstić information content (AvgIpc) is 2.40. The van der Waals surface area contributed by atoms with E-state index in [-0.39, 0.29) is 0 Å². The normalized spacial score (nSPS) is 23.7. The van der Waals surface area contributed by atoms with Crippen molar-refractivity contribution in [2.24, 2.45) is 0 Å². The lowest BCUT2D eigenvalue weighted by atomic mass is 9.95. The Hall–Kier alpha value is -0.900. The smallest absolute Gasteiger partial charge is 0.128 e. The molecule has 0 saturated heterocycles. The Kier molecular flexibility index (Phi) is 5.17. The highest BCUT2D eigenvalue weighted by atomic mass is 32.2. The van der Waals surface area contributed by atoms with Gasteiger partial charge < -0.3 is 10.6 Å². The summed E-state index contributed by atoms with van der Waals surface area (Å²) >= 11 is 2.00. The van der Waals surface area contributed by atoms with E-state index < -0.39 is 0 Å². The highest BCUT2D eigenvalue weighted by Gasteiger charge is 2.21. The lowest BCUT2D eigenvalue weighted by Crippen LogP contribution is -2.28. The molecule has 1 aromatic heterocycles. The van der Waals surface area contributed by atoms with Crippen LogP contribution < -0.4 is 10.6 Å². The second-order valence-electron chi connectivity index (χ2n) is 4.80. The minimum Gasteiger partial charge on any atom is -0.370 e. The van der Waals surface area contributed by atoms with Crippen molar-refractivity contribution in [3.05, 3.63) is 18.2 Å². The van der Waals surface area contributed by atoms with E-state index in [1.807, 2.05) is 17.8 Å². The van der Waals surface area contributed by atoms with Crippen LogP contribution in [0.25, 0.3) is 0 Å². The van der Waals surface area contributed by atoms with Crippen LogP contribution in [0.2, 0.25) is 0 Å². The number of anilines is 2. The lowest BCUT2D eigenvalue weighted by Gasteiger charge is -2.29. The molecule has 2 N–H and O–H groups in total. The summed E-state index contributed by atoms with van der Waals surface area (Å²) in [5.74, 6) is 1.96. The summed E-state index contributed by atoms with van der Waals surface area (Å²) in [7, 11) is 0. The van der Waals surface area contributed by atoms with Crippen molar-refractivity contribution in [3.8, 4) is 0 Å². The molecule has 0 spiro atoms. The molecule has 3 nitrogen and oxygen atoms in total. The fourth-order valence-corrected chi connectivity index (χ4v) is 3.32. The zero-order valence-electron chi connectivity index (χ0n) is 11.3. The van der Waals surface area contributed by atoms with Crippen LogP contribution in [0.15, 0.2) is 18.2 Å². The van der Waals surface area contributed by atoms with E-state index in [1.165, 1.54) is 25.7 Å². The van der Waals surface area contributed by atoms with E-state index in [1.54, 1.807) is 0 Å². The van der Waals surface area contributed by atoms with Gasteiger partial charge in [0, 0.05) is 17.8 Å². The minimum atomic E-state index is 0.584. The molecule has 1 aliphatic rings. The molecule has 1 saturated carbocycles. The summed E-state index contributed by atoms with van der Waals surface area (Å²) in [6.45, 7) is 3.00. The molecule has 1 fully saturated rings. The largest absolute Gasteiger partial charge is 0.370 e. The third-order valence-corrected chi connectivity index (χ3v) is 4.51. The topological polar surface area (TPSA) is 37.0 Å². The molecule has 1 aliphatic carbocycles. The number of thioether (sulfide) groups is 1. The average molecular weight is 265 g/mol. The first kappa shape index (κ1) is 13.5. The zero-order valence-corrected chi connectivity index (χ0v) is 12.1. The van der Waals surface area contributed by atoms with Crippen LogP contribution in [0.5, 0.6) is 0 Å². The highest BCUT2D eigenvalue weighted by Crippen LogP contribution is 2.28. The van der Waals surface area contributed by atoms with Gasteiger partial charge in [-0.2, -0.15) is 11.8 Å². The maximum Gasteiger partial charge on any atom is 0.128 e. The number of nitrogens with one attached hydrogen (secondary N) is 2. The molecule has 2 unspecified atom stereocenters. The van der Waals surface area contributed by atoms with Gasteiger partial charge in [0.1, 0.15) is 11.6 Å². The van der Waals surface area contributed by atoms with Crippen molar-refractivity contribution in [1.82, 2.24) is 4.98 Å². The molecule has 18 heavy (non-hydrogen) atoms. The van der Waals surface area contributed by atoms with Gasteiger partial charge in [0.15, 0.2) is 0 Å². The van der Waals surface area contributed by atoms with E-state index in [0.717, 1.165) is 23.4 Å². The molecule has 1 aromatic rings. The summed E-state index contributed by atoms with van der Waals surface area (Å²) in [4.78, 5) is 4.58. The quantitative estimate of drug-likeness (QED) is 0.853. The molecular formula is C14H23N3S. The molecule has 0 bridgehead atoms. The first-order chi connectivity index (χ1) is 8.81. The maximum absolute atomic E-state index is 4.58. The molecule has 0 aliphatic heterocycles. The Morgan fingerprint density at radius 1 is 1.33 bits per heavy atom. The van der Waals surface area contributed by atoms with Crippen LogP contribution in [0.4, 0.5) is 11.6 Å². The van der Waals surface area contributed by atoms with Crippen LogP contribution in [0.3, 0.4) is 0 Å². The van der Waals surface area contributed by atoms with Gasteiger partial charge >= 0.3 is 0 Å². The van der Waals surface area contributed by atoms with Crippen molar-refractivity contribution in [2.75, 3.05) is 23.4 Å². The second-order valence-corrected chi connectivity index (χ2v) is 5.94. The van der Waals surface area contributed by atoms with E-state index in [2.05, 4.69) is 40.9 Å². The summed E-state index contributed by atoms with van der Waals surface area (Å²) in [6.07, 6.45) is 7.44. The van der Waals surface area contributed by atoms with Crippen molar-refractivity contribution in [2.45, 2.75) is 43.9 Å². The van der Waals surface area contributed by atoms with E-state index >= 15 is 0 Å². The molecule has 0 amide bonds. The molecule has 100 valence electrons. The standard InChI is InChI=1S/C14H23N3S/c1-3-15-13-8-5-9-14(17-13)16-11-6-4-7-12(10-11)18-2/h5,8-9,11-12H,3-4,6-7,10H2,1-2H3,(H2,15,16,17). The van der Waals surface area contributed by atoms with Crippen LogP contribution >= 0.6 is 11.8 Å². The highest BCUT2D eigenvalue weighted by molar-refractivity contribution is 7.99. The number of rotatable bonds is 5. The molecule has 0 aromatic carbocycles. The Morgan fingerprint density at radius 2 is 2.17 bits per heavy atom. The monoisotopic (exact) mass is 265 g/mol. The molecular weight excluding hydrogens is 242 g/mol. The Balaban J connectivity index is 1.93. The molecule has 2 atom stereocenters. The number of pyridine rings is 1. The second kappa shape index (κ2) is 6.88. The lowest BCUT2D eigenvalue weighted by molar-refractivity contribution is 0.473. The van der Waals surface area contributed by atoms with Crippen molar-refractivity contribution in [1.29, 1.82) is 0 Å². The summed E-state index contributed by atoms with van der Waals surface area (Å²) in [6, 6.07) is 6.71. The number of aromatic nitrogens is 1. The summed E-state index contributed by atoms with van der Waals surface area (Å²) < 4.78 is 0. The van der Waals surface area contributed by atoms with Crippen molar-refractivity contribution < 1.29 is 0 Å². The predicted octanol–water partition coefficient (Wildman–Crippen LogP) is 3.60. The number of hydrogen-bond donors (Lipinski definition) is 2. The van der Waals surface area contributed by atoms with Crippen LogP contribution in [0, 0.1) is 0 Å². The van der Waals surface area contributed by atoms with Gasteiger partial charge in [0.2, 0.25) is 0 Å². The summed E-state index contributed by atoms with van der Waals surface area (Å²) in [5.41, 5.74) is 0. The van der Waals surface area contributed by atoms with E-state index in [0.29, 0.717) is 6.04 Å². The van der Waals surface area contributed by atoms with Gasteiger partial charge in [0.25, 0.3) is 0 Å². The van der Waals surface area contributed by atoms with Crippen molar-refractivity contribution >= 4 is 23.4 Å². The first-order valence-corrected chi connectivity index (χ1v) is 8.11. The molecule has 4 heteroatoms. The third kappa shape index (κ3) is 3.80. The van der Waals surface area contributed by atoms with E-state index in [9.17, 15) is 0 Å². The molecule has 2 rings (SSSR count). The third-order valence-electron chi connectivity index (χ3n) is 3.42. The predicted molar refractivity (Wildman–Crippen MR) is 81.6 cm³/mol. The fraction of sp³-hybridized carbons (Fsp3) is 0.643. The van der Waals surface area contributed by atoms with Crippen molar-refractivity contribution in [3.63, 3.8) is 0 Å². The fourth-order valence-electron chi connectivity index (χ4n) is 2.49. The Bertz CT molecular complexity index is 370. The summed E-state index contributed by atoms with van der Waals surface area (Å²) in [5, 5.41) is 7.64. The van der Waals surface area contributed by atoms with Gasteiger partial charge in [-0.3, -0.25) is 0 Å². The minimum absolute atomic E-state index is 0.584.